The highest BCUT2D eigenvalue weighted by atomic mass is 19.1. The van der Waals surface area contributed by atoms with Gasteiger partial charge in [-0.25, -0.2) is 4.39 Å². The van der Waals surface area contributed by atoms with Crippen LogP contribution < -0.4 is 5.73 Å². The van der Waals surface area contributed by atoms with Gasteiger partial charge in [-0.2, -0.15) is 0 Å². The lowest BCUT2D eigenvalue weighted by atomic mass is 9.80. The minimum Gasteiger partial charge on any atom is -0.327 e. The molecule has 2 heteroatoms. The Bertz CT molecular complexity index is 348. The first-order valence-electron chi connectivity index (χ1n) is 5.70. The molecule has 0 amide bonds. The zero-order chi connectivity index (χ0) is 10.8. The van der Waals surface area contributed by atoms with Gasteiger partial charge in [-0.3, -0.25) is 0 Å². The minimum atomic E-state index is -0.122. The van der Waals surface area contributed by atoms with E-state index in [1.807, 2.05) is 19.1 Å². The van der Waals surface area contributed by atoms with Crippen molar-refractivity contribution in [2.45, 2.75) is 44.6 Å². The van der Waals surface area contributed by atoms with Crippen molar-refractivity contribution in [3.8, 4) is 0 Å². The Balaban J connectivity index is 2.24. The average molecular weight is 207 g/mol. The van der Waals surface area contributed by atoms with Gasteiger partial charge in [0.1, 0.15) is 5.82 Å². The second-order valence-corrected chi connectivity index (χ2v) is 4.56. The first-order valence-corrected chi connectivity index (χ1v) is 5.70. The molecule has 0 aliphatic heterocycles. The molecule has 0 radical (unpaired) electrons. The third-order valence-corrected chi connectivity index (χ3v) is 3.43. The molecule has 1 aromatic rings. The molecule has 2 atom stereocenters. The van der Waals surface area contributed by atoms with Crippen molar-refractivity contribution in [2.24, 2.45) is 5.73 Å². The maximum absolute atomic E-state index is 13.1. The molecule has 1 nitrogen and oxygen atoms in total. The van der Waals surface area contributed by atoms with Gasteiger partial charge in [0.05, 0.1) is 0 Å². The number of hydrogen-bond acceptors (Lipinski definition) is 1. The fourth-order valence-electron chi connectivity index (χ4n) is 2.47. The van der Waals surface area contributed by atoms with Gasteiger partial charge in [-0.15, -0.1) is 0 Å². The summed E-state index contributed by atoms with van der Waals surface area (Å²) >= 11 is 0. The fourth-order valence-corrected chi connectivity index (χ4v) is 2.47. The van der Waals surface area contributed by atoms with E-state index in [0.717, 1.165) is 18.4 Å². The summed E-state index contributed by atoms with van der Waals surface area (Å²) in [5.74, 6) is 0.307. The van der Waals surface area contributed by atoms with Crippen molar-refractivity contribution in [3.63, 3.8) is 0 Å². The van der Waals surface area contributed by atoms with Gasteiger partial charge in [-0.05, 0) is 42.9 Å². The zero-order valence-electron chi connectivity index (χ0n) is 9.17. The molecule has 1 aliphatic rings. The van der Waals surface area contributed by atoms with Crippen LogP contribution in [0.5, 0.6) is 0 Å². The normalized spacial score (nSPS) is 26.6. The van der Waals surface area contributed by atoms with Crippen molar-refractivity contribution >= 4 is 0 Å². The van der Waals surface area contributed by atoms with Gasteiger partial charge in [0, 0.05) is 6.04 Å². The monoisotopic (exact) mass is 207 g/mol. The summed E-state index contributed by atoms with van der Waals surface area (Å²) in [5.41, 5.74) is 8.04. The first-order chi connectivity index (χ1) is 7.18. The van der Waals surface area contributed by atoms with E-state index in [2.05, 4.69) is 0 Å². The topological polar surface area (TPSA) is 26.0 Å². The highest BCUT2D eigenvalue weighted by Crippen LogP contribution is 2.32. The van der Waals surface area contributed by atoms with E-state index < -0.39 is 0 Å². The van der Waals surface area contributed by atoms with Crippen LogP contribution in [0.15, 0.2) is 18.2 Å². The molecule has 2 rings (SSSR count). The molecule has 1 fully saturated rings. The summed E-state index contributed by atoms with van der Waals surface area (Å²) in [7, 11) is 0. The molecule has 0 saturated heterocycles. The van der Waals surface area contributed by atoms with Gasteiger partial charge in [-0.1, -0.05) is 25.0 Å². The third-order valence-electron chi connectivity index (χ3n) is 3.43. The van der Waals surface area contributed by atoms with Crippen LogP contribution in [0.2, 0.25) is 0 Å². The molecule has 82 valence electrons. The summed E-state index contributed by atoms with van der Waals surface area (Å²) in [6.07, 6.45) is 4.72. The molecule has 2 N–H and O–H groups in total. The van der Waals surface area contributed by atoms with Crippen molar-refractivity contribution in [2.75, 3.05) is 0 Å². The smallest absolute Gasteiger partial charge is 0.126 e. The first kappa shape index (κ1) is 10.6. The van der Waals surface area contributed by atoms with Gasteiger partial charge >= 0.3 is 0 Å². The van der Waals surface area contributed by atoms with Gasteiger partial charge in [0.25, 0.3) is 0 Å². The van der Waals surface area contributed by atoms with Crippen LogP contribution in [0, 0.1) is 12.7 Å². The van der Waals surface area contributed by atoms with E-state index in [9.17, 15) is 4.39 Å². The molecule has 15 heavy (non-hydrogen) atoms. The highest BCUT2D eigenvalue weighted by molar-refractivity contribution is 5.28. The zero-order valence-corrected chi connectivity index (χ0v) is 9.17. The summed E-state index contributed by atoms with van der Waals surface area (Å²) in [4.78, 5) is 0. The lowest BCUT2D eigenvalue weighted by Crippen LogP contribution is -2.31. The molecule has 2 unspecified atom stereocenters. The number of nitrogens with two attached hydrogens (primary N) is 1. The van der Waals surface area contributed by atoms with Gasteiger partial charge < -0.3 is 5.73 Å². The van der Waals surface area contributed by atoms with Crippen LogP contribution in [0.1, 0.15) is 42.7 Å². The molecule has 0 aromatic heterocycles. The molecule has 0 spiro atoms. The molecule has 1 aromatic carbocycles. The Morgan fingerprint density at radius 3 is 2.67 bits per heavy atom. The Kier molecular flexibility index (Phi) is 3.06. The molecular weight excluding hydrogens is 189 g/mol. The second-order valence-electron chi connectivity index (χ2n) is 4.56. The van der Waals surface area contributed by atoms with E-state index in [0.29, 0.717) is 5.92 Å². The maximum atomic E-state index is 13.1. The fraction of sp³-hybridized carbons (Fsp3) is 0.538. The Morgan fingerprint density at radius 1 is 1.27 bits per heavy atom. The Morgan fingerprint density at radius 2 is 2.00 bits per heavy atom. The average Bonchev–Trinajstić information content (AvgIpc) is 2.23. The van der Waals surface area contributed by atoms with Crippen molar-refractivity contribution in [1.82, 2.24) is 0 Å². The summed E-state index contributed by atoms with van der Waals surface area (Å²) in [6.45, 7) is 1.81. The largest absolute Gasteiger partial charge is 0.327 e. The van der Waals surface area contributed by atoms with E-state index in [1.165, 1.54) is 18.4 Å². The van der Waals surface area contributed by atoms with Crippen LogP contribution in [0.25, 0.3) is 0 Å². The molecule has 0 bridgehead atoms. The summed E-state index contributed by atoms with van der Waals surface area (Å²) in [6, 6.07) is 5.65. The van der Waals surface area contributed by atoms with Crippen molar-refractivity contribution in [3.05, 3.63) is 35.1 Å². The number of aryl methyl sites for hydroxylation is 1. The van der Waals surface area contributed by atoms with Gasteiger partial charge in [0.2, 0.25) is 0 Å². The molecule has 1 aliphatic carbocycles. The van der Waals surface area contributed by atoms with E-state index in [4.69, 9.17) is 5.73 Å². The number of benzene rings is 1. The van der Waals surface area contributed by atoms with Crippen LogP contribution in [0.3, 0.4) is 0 Å². The predicted octanol–water partition coefficient (Wildman–Crippen LogP) is 3.12. The lowest BCUT2D eigenvalue weighted by Gasteiger charge is -2.29. The second kappa shape index (κ2) is 4.31. The van der Waals surface area contributed by atoms with Crippen LogP contribution in [-0.4, -0.2) is 6.04 Å². The quantitative estimate of drug-likeness (QED) is 0.752. The van der Waals surface area contributed by atoms with E-state index in [1.54, 1.807) is 6.07 Å². The summed E-state index contributed by atoms with van der Waals surface area (Å²) < 4.78 is 13.1. The summed E-state index contributed by atoms with van der Waals surface area (Å²) in [5, 5.41) is 0. The third kappa shape index (κ3) is 2.20. The number of hydrogen-bond donors (Lipinski definition) is 1. The Labute approximate surface area is 90.5 Å². The maximum Gasteiger partial charge on any atom is 0.126 e. The lowest BCUT2D eigenvalue weighted by molar-refractivity contribution is 0.385. The SMILES string of the molecule is Cc1cc(C2CCCCC2N)ccc1F. The minimum absolute atomic E-state index is 0.122. The van der Waals surface area contributed by atoms with Crippen molar-refractivity contribution < 1.29 is 4.39 Å². The van der Waals surface area contributed by atoms with Crippen LogP contribution >= 0.6 is 0 Å². The van der Waals surface area contributed by atoms with Crippen LogP contribution in [0.4, 0.5) is 4.39 Å². The number of halogens is 1. The molecular formula is C13H18FN. The molecule has 0 heterocycles. The number of rotatable bonds is 1. The Hall–Kier alpha value is -0.890. The van der Waals surface area contributed by atoms with E-state index >= 15 is 0 Å². The van der Waals surface area contributed by atoms with Gasteiger partial charge in [0.15, 0.2) is 0 Å². The highest BCUT2D eigenvalue weighted by Gasteiger charge is 2.23. The van der Waals surface area contributed by atoms with Crippen LogP contribution in [-0.2, 0) is 0 Å². The van der Waals surface area contributed by atoms with Crippen molar-refractivity contribution in [1.29, 1.82) is 0 Å². The molecule has 1 saturated carbocycles. The predicted molar refractivity (Wildman–Crippen MR) is 60.3 cm³/mol. The standard InChI is InChI=1S/C13H18FN/c1-9-8-10(6-7-12(9)14)11-4-2-3-5-13(11)15/h6-8,11,13H,2-5,15H2,1H3. The van der Waals surface area contributed by atoms with E-state index in [-0.39, 0.29) is 11.9 Å².